The van der Waals surface area contributed by atoms with Gasteiger partial charge in [-0.25, -0.2) is 4.68 Å². The number of hydrogen-bond acceptors (Lipinski definition) is 4. The number of nitrogens with zero attached hydrogens (tertiary/aromatic N) is 3. The van der Waals surface area contributed by atoms with E-state index in [4.69, 9.17) is 4.74 Å². The summed E-state index contributed by atoms with van der Waals surface area (Å²) < 4.78 is 6.54. The molecule has 1 aromatic heterocycles. The molecule has 26 heavy (non-hydrogen) atoms. The van der Waals surface area contributed by atoms with Crippen molar-refractivity contribution in [3.05, 3.63) is 54.4 Å². The van der Waals surface area contributed by atoms with Crippen LogP contribution < -0.4 is 0 Å². The molecule has 1 fully saturated rings. The molecule has 2 aromatic rings. The number of likely N-dealkylation sites (tertiary alicyclic amines) is 1. The predicted octanol–water partition coefficient (Wildman–Crippen LogP) is 2.83. The largest absolute Gasteiger partial charge is 0.469 e. The zero-order chi connectivity index (χ0) is 18.4. The van der Waals surface area contributed by atoms with Crippen LogP contribution in [0.4, 0.5) is 0 Å². The molecule has 0 spiro atoms. The van der Waals surface area contributed by atoms with E-state index in [1.807, 2.05) is 36.4 Å². The van der Waals surface area contributed by atoms with Gasteiger partial charge in [-0.15, -0.1) is 0 Å². The number of para-hydroxylation sites is 1. The second-order valence-corrected chi connectivity index (χ2v) is 6.30. The summed E-state index contributed by atoms with van der Waals surface area (Å²) in [5.41, 5.74) is 1.76. The Labute approximate surface area is 153 Å². The second kappa shape index (κ2) is 8.47. The molecule has 1 amide bonds. The van der Waals surface area contributed by atoms with Crippen LogP contribution in [0.15, 0.2) is 48.7 Å². The van der Waals surface area contributed by atoms with Gasteiger partial charge in [0.05, 0.1) is 31.1 Å². The Morgan fingerprint density at radius 1 is 1.23 bits per heavy atom. The molecule has 0 N–H and O–H groups in total. The van der Waals surface area contributed by atoms with Gasteiger partial charge in [-0.2, -0.15) is 5.10 Å². The molecule has 0 aliphatic carbocycles. The molecule has 0 saturated carbocycles. The fourth-order valence-electron chi connectivity index (χ4n) is 3.26. The van der Waals surface area contributed by atoms with Crippen molar-refractivity contribution in [1.82, 2.24) is 14.7 Å². The summed E-state index contributed by atoms with van der Waals surface area (Å²) in [6.45, 7) is 0.669. The highest BCUT2D eigenvalue weighted by atomic mass is 16.5. The number of benzene rings is 1. The van der Waals surface area contributed by atoms with E-state index in [-0.39, 0.29) is 24.3 Å². The average molecular weight is 353 g/mol. The standard InChI is InChI=1S/C20H23N3O3/c1-26-20(25)15-18-9-5-6-14-22(18)19(24)11-10-17-12-13-21-23(17)16-7-3-2-4-8-16/h2-4,7-8,10-13,18H,5-6,9,14-15H2,1H3/t18-/m1/s1. The van der Waals surface area contributed by atoms with Crippen molar-refractivity contribution in [2.75, 3.05) is 13.7 Å². The van der Waals surface area contributed by atoms with Crippen LogP contribution in [0, 0.1) is 0 Å². The first-order chi connectivity index (χ1) is 12.7. The topological polar surface area (TPSA) is 64.4 Å². The Bertz CT molecular complexity index is 783. The monoisotopic (exact) mass is 353 g/mol. The van der Waals surface area contributed by atoms with Gasteiger partial charge in [0.15, 0.2) is 0 Å². The summed E-state index contributed by atoms with van der Waals surface area (Å²) in [7, 11) is 1.38. The molecule has 6 heteroatoms. The van der Waals surface area contributed by atoms with Crippen LogP contribution >= 0.6 is 0 Å². The summed E-state index contributed by atoms with van der Waals surface area (Å²) in [5, 5.41) is 4.32. The number of esters is 1. The van der Waals surface area contributed by atoms with Crippen molar-refractivity contribution in [2.24, 2.45) is 0 Å². The third-order valence-corrected chi connectivity index (χ3v) is 4.61. The van der Waals surface area contributed by atoms with E-state index in [2.05, 4.69) is 5.10 Å². The molecule has 0 radical (unpaired) electrons. The van der Waals surface area contributed by atoms with Crippen molar-refractivity contribution in [2.45, 2.75) is 31.7 Å². The minimum absolute atomic E-state index is 0.0839. The quantitative estimate of drug-likeness (QED) is 0.612. The van der Waals surface area contributed by atoms with E-state index in [0.717, 1.165) is 30.6 Å². The van der Waals surface area contributed by atoms with Crippen LogP contribution in [0.2, 0.25) is 0 Å². The Balaban J connectivity index is 1.73. The Kier molecular flexibility index (Phi) is 5.84. The lowest BCUT2D eigenvalue weighted by atomic mass is 9.99. The number of amides is 1. The average Bonchev–Trinajstić information content (AvgIpc) is 3.15. The van der Waals surface area contributed by atoms with Crippen LogP contribution in [0.25, 0.3) is 11.8 Å². The number of carbonyl (C=O) groups is 2. The molecule has 1 aliphatic heterocycles. The summed E-state index contributed by atoms with van der Waals surface area (Å²) in [5.74, 6) is -0.361. The maximum atomic E-state index is 12.7. The van der Waals surface area contributed by atoms with Gasteiger partial charge in [0.1, 0.15) is 0 Å². The fraction of sp³-hybridized carbons (Fsp3) is 0.350. The molecule has 1 aromatic carbocycles. The van der Waals surface area contributed by atoms with Crippen molar-refractivity contribution >= 4 is 18.0 Å². The van der Waals surface area contributed by atoms with E-state index in [0.29, 0.717) is 6.54 Å². The molecule has 1 aliphatic rings. The predicted molar refractivity (Wildman–Crippen MR) is 98.6 cm³/mol. The SMILES string of the molecule is COC(=O)C[C@H]1CCCCN1C(=O)C=Cc1ccnn1-c1ccccc1. The number of ether oxygens (including phenoxy) is 1. The molecular formula is C20H23N3O3. The number of rotatable bonds is 5. The highest BCUT2D eigenvalue weighted by molar-refractivity contribution is 5.92. The molecular weight excluding hydrogens is 330 g/mol. The van der Waals surface area contributed by atoms with Crippen LogP contribution in [-0.2, 0) is 14.3 Å². The van der Waals surface area contributed by atoms with Gasteiger partial charge < -0.3 is 9.64 Å². The maximum Gasteiger partial charge on any atom is 0.307 e. The molecule has 1 atom stereocenters. The summed E-state index contributed by atoms with van der Waals surface area (Å²) in [6.07, 6.45) is 8.10. The first-order valence-electron chi connectivity index (χ1n) is 8.84. The van der Waals surface area contributed by atoms with Gasteiger partial charge in [-0.3, -0.25) is 9.59 Å². The van der Waals surface area contributed by atoms with Crippen LogP contribution in [0.1, 0.15) is 31.4 Å². The minimum atomic E-state index is -0.277. The van der Waals surface area contributed by atoms with Gasteiger partial charge in [-0.1, -0.05) is 18.2 Å². The number of carbonyl (C=O) groups excluding carboxylic acids is 2. The van der Waals surface area contributed by atoms with Crippen LogP contribution in [-0.4, -0.2) is 46.3 Å². The molecule has 2 heterocycles. The zero-order valence-electron chi connectivity index (χ0n) is 14.9. The van der Waals surface area contributed by atoms with Crippen molar-refractivity contribution in [1.29, 1.82) is 0 Å². The van der Waals surface area contributed by atoms with Crippen molar-refractivity contribution < 1.29 is 14.3 Å². The van der Waals surface area contributed by atoms with E-state index >= 15 is 0 Å². The smallest absolute Gasteiger partial charge is 0.307 e. The van der Waals surface area contributed by atoms with Crippen molar-refractivity contribution in [3.63, 3.8) is 0 Å². The van der Waals surface area contributed by atoms with Crippen molar-refractivity contribution in [3.8, 4) is 5.69 Å². The lowest BCUT2D eigenvalue weighted by Crippen LogP contribution is -2.44. The minimum Gasteiger partial charge on any atom is -0.469 e. The van der Waals surface area contributed by atoms with Gasteiger partial charge in [0.25, 0.3) is 0 Å². The first kappa shape index (κ1) is 17.9. The Hall–Kier alpha value is -2.89. The van der Waals surface area contributed by atoms with Crippen LogP contribution in [0.5, 0.6) is 0 Å². The highest BCUT2D eigenvalue weighted by Gasteiger charge is 2.27. The number of aromatic nitrogens is 2. The Morgan fingerprint density at radius 2 is 2.04 bits per heavy atom. The van der Waals surface area contributed by atoms with Gasteiger partial charge >= 0.3 is 5.97 Å². The third-order valence-electron chi connectivity index (χ3n) is 4.61. The van der Waals surface area contributed by atoms with Gasteiger partial charge in [0, 0.05) is 18.7 Å². The number of piperidine rings is 1. The fourth-order valence-corrected chi connectivity index (χ4v) is 3.26. The number of methoxy groups -OCH3 is 1. The normalized spacial score (nSPS) is 17.4. The summed E-state index contributed by atoms with van der Waals surface area (Å²) >= 11 is 0. The zero-order valence-corrected chi connectivity index (χ0v) is 14.9. The van der Waals surface area contributed by atoms with E-state index in [9.17, 15) is 9.59 Å². The van der Waals surface area contributed by atoms with Gasteiger partial charge in [0.2, 0.25) is 5.91 Å². The van der Waals surface area contributed by atoms with Crippen LogP contribution in [0.3, 0.4) is 0 Å². The first-order valence-corrected chi connectivity index (χ1v) is 8.84. The summed E-state index contributed by atoms with van der Waals surface area (Å²) in [4.78, 5) is 26.1. The van der Waals surface area contributed by atoms with E-state index in [1.54, 1.807) is 27.9 Å². The summed E-state index contributed by atoms with van der Waals surface area (Å²) in [6, 6.07) is 11.5. The highest BCUT2D eigenvalue weighted by Crippen LogP contribution is 2.21. The van der Waals surface area contributed by atoms with E-state index in [1.165, 1.54) is 7.11 Å². The molecule has 0 unspecified atom stereocenters. The van der Waals surface area contributed by atoms with Gasteiger partial charge in [-0.05, 0) is 43.5 Å². The number of hydrogen-bond donors (Lipinski definition) is 0. The second-order valence-electron chi connectivity index (χ2n) is 6.30. The maximum absolute atomic E-state index is 12.7. The lowest BCUT2D eigenvalue weighted by molar-refractivity contribution is -0.143. The molecule has 6 nitrogen and oxygen atoms in total. The molecule has 0 bridgehead atoms. The Morgan fingerprint density at radius 3 is 2.81 bits per heavy atom. The third kappa shape index (κ3) is 4.20. The molecule has 3 rings (SSSR count). The molecule has 136 valence electrons. The molecule has 1 saturated heterocycles. The van der Waals surface area contributed by atoms with E-state index < -0.39 is 0 Å². The lowest BCUT2D eigenvalue weighted by Gasteiger charge is -2.34.